The summed E-state index contributed by atoms with van der Waals surface area (Å²) in [6.45, 7) is 4.72. The molecule has 0 amide bonds. The van der Waals surface area contributed by atoms with Gasteiger partial charge < -0.3 is 24.0 Å². The molecule has 7 nitrogen and oxygen atoms in total. The third kappa shape index (κ3) is 3.17. The van der Waals surface area contributed by atoms with Gasteiger partial charge in [0.05, 0.1) is 10.9 Å². The first-order chi connectivity index (χ1) is 13.9. The van der Waals surface area contributed by atoms with E-state index in [9.17, 15) is 4.79 Å². The highest BCUT2D eigenvalue weighted by molar-refractivity contribution is 5.94. The Bertz CT molecular complexity index is 966. The van der Waals surface area contributed by atoms with Crippen molar-refractivity contribution in [3.8, 4) is 11.5 Å². The summed E-state index contributed by atoms with van der Waals surface area (Å²) in [4.78, 5) is 21.8. The van der Waals surface area contributed by atoms with Crippen LogP contribution in [-0.2, 0) is 9.53 Å². The summed E-state index contributed by atoms with van der Waals surface area (Å²) < 4.78 is 16.8. The van der Waals surface area contributed by atoms with Crippen LogP contribution in [0.2, 0.25) is 0 Å². The number of benzene rings is 1. The summed E-state index contributed by atoms with van der Waals surface area (Å²) in [7, 11) is 4.04. The van der Waals surface area contributed by atoms with Crippen molar-refractivity contribution in [2.75, 3.05) is 45.4 Å². The van der Waals surface area contributed by atoms with Crippen molar-refractivity contribution >= 4 is 22.6 Å². The van der Waals surface area contributed by atoms with Crippen LogP contribution < -0.4 is 14.4 Å². The Morgan fingerprint density at radius 3 is 2.62 bits per heavy atom. The fourth-order valence-corrected chi connectivity index (χ4v) is 4.92. The monoisotopic (exact) mass is 397 g/mol. The molecule has 3 aliphatic rings. The minimum absolute atomic E-state index is 0.00721. The number of hydrogen-bond acceptors (Lipinski definition) is 7. The minimum Gasteiger partial charge on any atom is -0.461 e. The van der Waals surface area contributed by atoms with E-state index in [1.807, 2.05) is 33.2 Å². The lowest BCUT2D eigenvalue weighted by Gasteiger charge is -2.38. The van der Waals surface area contributed by atoms with Gasteiger partial charge in [0.1, 0.15) is 6.10 Å². The molecule has 2 fully saturated rings. The summed E-state index contributed by atoms with van der Waals surface area (Å²) in [5.41, 5.74) is 2.71. The third-order valence-electron chi connectivity index (χ3n) is 6.36. The van der Waals surface area contributed by atoms with Gasteiger partial charge in [-0.25, -0.2) is 0 Å². The van der Waals surface area contributed by atoms with Gasteiger partial charge in [-0.2, -0.15) is 0 Å². The molecule has 0 radical (unpaired) electrons. The number of nitrogens with zero attached hydrogens (tertiary/aromatic N) is 3. The molecule has 0 N–H and O–H groups in total. The van der Waals surface area contributed by atoms with E-state index in [-0.39, 0.29) is 24.3 Å². The molecule has 1 aromatic heterocycles. The number of pyridine rings is 1. The van der Waals surface area contributed by atoms with Crippen molar-refractivity contribution in [3.05, 3.63) is 23.9 Å². The number of aryl methyl sites for hydroxylation is 1. The Hall–Kier alpha value is -2.54. The molecule has 0 aliphatic carbocycles. The van der Waals surface area contributed by atoms with E-state index in [2.05, 4.69) is 20.9 Å². The van der Waals surface area contributed by atoms with E-state index >= 15 is 0 Å². The molecule has 1 spiro atoms. The van der Waals surface area contributed by atoms with Crippen molar-refractivity contribution in [2.24, 2.45) is 5.41 Å². The lowest BCUT2D eigenvalue weighted by atomic mass is 9.76. The summed E-state index contributed by atoms with van der Waals surface area (Å²) in [6, 6.07) is 6.12. The Morgan fingerprint density at radius 2 is 1.90 bits per heavy atom. The van der Waals surface area contributed by atoms with Gasteiger partial charge in [0.15, 0.2) is 11.5 Å². The molecule has 4 heterocycles. The largest absolute Gasteiger partial charge is 0.461 e. The van der Waals surface area contributed by atoms with Gasteiger partial charge in [0, 0.05) is 48.9 Å². The second-order valence-electron chi connectivity index (χ2n) is 8.77. The zero-order chi connectivity index (χ0) is 20.2. The number of carbonyl (C=O) groups is 1. The van der Waals surface area contributed by atoms with Gasteiger partial charge in [0.25, 0.3) is 0 Å². The highest BCUT2D eigenvalue weighted by atomic mass is 16.7. The number of esters is 1. The smallest absolute Gasteiger partial charge is 0.312 e. The van der Waals surface area contributed by atoms with Crippen LogP contribution in [-0.4, -0.2) is 62.5 Å². The molecule has 2 saturated heterocycles. The number of anilines is 1. The van der Waals surface area contributed by atoms with Crippen LogP contribution in [0.1, 0.15) is 25.0 Å². The van der Waals surface area contributed by atoms with Gasteiger partial charge in [-0.1, -0.05) is 0 Å². The van der Waals surface area contributed by atoms with Gasteiger partial charge in [-0.05, 0) is 46.0 Å². The standard InChI is InChI=1S/C22H27N3O4/c1-14-8-18(16-9-19-20(28-13-27-19)10-17(16)23-14)25-6-4-22(5-7-25)11-15(12-24(2)3)29-21(22)26/h8-10,15H,4-7,11-13H2,1-3H3. The molecule has 1 atom stereocenters. The van der Waals surface area contributed by atoms with Crippen LogP contribution in [0.15, 0.2) is 18.2 Å². The summed E-state index contributed by atoms with van der Waals surface area (Å²) in [5.74, 6) is 1.51. The molecule has 0 saturated carbocycles. The Morgan fingerprint density at radius 1 is 1.17 bits per heavy atom. The molecule has 2 aromatic rings. The van der Waals surface area contributed by atoms with Gasteiger partial charge >= 0.3 is 5.97 Å². The lowest BCUT2D eigenvalue weighted by Crippen LogP contribution is -2.42. The predicted octanol–water partition coefficient (Wildman–Crippen LogP) is 2.74. The predicted molar refractivity (Wildman–Crippen MR) is 110 cm³/mol. The van der Waals surface area contributed by atoms with E-state index < -0.39 is 0 Å². The summed E-state index contributed by atoms with van der Waals surface area (Å²) in [6.07, 6.45) is 2.48. The number of hydrogen-bond donors (Lipinski definition) is 0. The second-order valence-corrected chi connectivity index (χ2v) is 8.77. The first-order valence-corrected chi connectivity index (χ1v) is 10.3. The maximum Gasteiger partial charge on any atom is 0.312 e. The van der Waals surface area contributed by atoms with E-state index in [0.29, 0.717) is 0 Å². The lowest BCUT2D eigenvalue weighted by molar-refractivity contribution is -0.150. The van der Waals surface area contributed by atoms with Crippen molar-refractivity contribution in [1.82, 2.24) is 9.88 Å². The fraction of sp³-hybridized carbons (Fsp3) is 0.545. The van der Waals surface area contributed by atoms with E-state index in [1.54, 1.807) is 0 Å². The normalized spacial score (nSPS) is 22.7. The SMILES string of the molecule is Cc1cc(N2CCC3(CC2)CC(CN(C)C)OC3=O)c2cc3c(cc2n1)OCO3. The van der Waals surface area contributed by atoms with E-state index in [4.69, 9.17) is 14.2 Å². The molecule has 29 heavy (non-hydrogen) atoms. The first-order valence-electron chi connectivity index (χ1n) is 10.3. The maximum absolute atomic E-state index is 12.7. The molecular weight excluding hydrogens is 370 g/mol. The number of fused-ring (bicyclic) bond motifs is 2. The van der Waals surface area contributed by atoms with Crippen LogP contribution in [0.5, 0.6) is 11.5 Å². The Kier molecular flexibility index (Phi) is 4.31. The van der Waals surface area contributed by atoms with Crippen molar-refractivity contribution in [1.29, 1.82) is 0 Å². The van der Waals surface area contributed by atoms with Crippen LogP contribution >= 0.6 is 0 Å². The number of carbonyl (C=O) groups excluding carboxylic acids is 1. The van der Waals surface area contributed by atoms with E-state index in [1.165, 1.54) is 0 Å². The topological polar surface area (TPSA) is 64.1 Å². The van der Waals surface area contributed by atoms with Crippen LogP contribution in [0.3, 0.4) is 0 Å². The van der Waals surface area contributed by atoms with Gasteiger partial charge in [-0.15, -0.1) is 0 Å². The first kappa shape index (κ1) is 18.5. The molecule has 154 valence electrons. The zero-order valence-electron chi connectivity index (χ0n) is 17.2. The molecule has 3 aliphatic heterocycles. The fourth-order valence-electron chi connectivity index (χ4n) is 4.92. The highest BCUT2D eigenvalue weighted by Gasteiger charge is 2.50. The third-order valence-corrected chi connectivity index (χ3v) is 6.36. The molecule has 1 aromatic carbocycles. The molecule has 0 bridgehead atoms. The number of ether oxygens (including phenoxy) is 3. The summed E-state index contributed by atoms with van der Waals surface area (Å²) in [5, 5.41) is 1.07. The highest BCUT2D eigenvalue weighted by Crippen LogP contribution is 2.45. The number of likely N-dealkylation sites (N-methyl/N-ethyl adjacent to an activating group) is 1. The zero-order valence-corrected chi connectivity index (χ0v) is 17.2. The van der Waals surface area contributed by atoms with Crippen LogP contribution in [0.4, 0.5) is 5.69 Å². The number of rotatable bonds is 3. The van der Waals surface area contributed by atoms with Crippen LogP contribution in [0, 0.1) is 12.3 Å². The molecule has 1 unspecified atom stereocenters. The average Bonchev–Trinajstić information content (AvgIpc) is 3.23. The van der Waals surface area contributed by atoms with Crippen molar-refractivity contribution in [2.45, 2.75) is 32.3 Å². The number of piperidine rings is 1. The quantitative estimate of drug-likeness (QED) is 0.738. The maximum atomic E-state index is 12.7. The number of cyclic esters (lactones) is 1. The molecular formula is C22H27N3O4. The number of aromatic nitrogens is 1. The Labute approximate surface area is 170 Å². The van der Waals surface area contributed by atoms with Crippen LogP contribution in [0.25, 0.3) is 10.9 Å². The summed E-state index contributed by atoms with van der Waals surface area (Å²) >= 11 is 0. The molecule has 7 heteroatoms. The average molecular weight is 397 g/mol. The van der Waals surface area contributed by atoms with Crippen molar-refractivity contribution < 1.29 is 19.0 Å². The second kappa shape index (κ2) is 6.76. The van der Waals surface area contributed by atoms with Gasteiger partial charge in [0.2, 0.25) is 6.79 Å². The minimum atomic E-state index is -0.326. The van der Waals surface area contributed by atoms with Crippen molar-refractivity contribution in [3.63, 3.8) is 0 Å². The Balaban J connectivity index is 1.40. The molecule has 5 rings (SSSR count). The van der Waals surface area contributed by atoms with Gasteiger partial charge in [-0.3, -0.25) is 9.78 Å². The van der Waals surface area contributed by atoms with E-state index in [0.717, 1.165) is 72.7 Å².